The first-order valence-corrected chi connectivity index (χ1v) is 5.25. The second-order valence-electron chi connectivity index (χ2n) is 3.28. The molecule has 0 aliphatic rings. The van der Waals surface area contributed by atoms with Crippen LogP contribution in [0.1, 0.15) is 29.9 Å². The lowest BCUT2D eigenvalue weighted by Crippen LogP contribution is -2.13. The highest BCUT2D eigenvalue weighted by Crippen LogP contribution is 2.17. The smallest absolute Gasteiger partial charge is 0.343 e. The molecule has 0 aliphatic carbocycles. The Morgan fingerprint density at radius 1 is 1.53 bits per heavy atom. The summed E-state index contributed by atoms with van der Waals surface area (Å²) in [5.41, 5.74) is 0.809. The van der Waals surface area contributed by atoms with Crippen molar-refractivity contribution < 1.29 is 14.3 Å². The number of allylic oxidation sites excluding steroid dienone is 1. The van der Waals surface area contributed by atoms with E-state index in [4.69, 9.17) is 4.74 Å². The van der Waals surface area contributed by atoms with Gasteiger partial charge in [0.2, 0.25) is 5.91 Å². The quantitative estimate of drug-likeness (QED) is 0.612. The van der Waals surface area contributed by atoms with Gasteiger partial charge in [-0.25, -0.2) is 4.79 Å². The molecule has 17 heavy (non-hydrogen) atoms. The summed E-state index contributed by atoms with van der Waals surface area (Å²) >= 11 is 0. The molecule has 1 rings (SSSR count). The number of aromatic nitrogens is 2. The van der Waals surface area contributed by atoms with Gasteiger partial charge in [0.25, 0.3) is 0 Å². The van der Waals surface area contributed by atoms with E-state index in [2.05, 4.69) is 15.5 Å². The Hall–Kier alpha value is -2.11. The summed E-state index contributed by atoms with van der Waals surface area (Å²) in [5, 5.41) is 8.99. The maximum absolute atomic E-state index is 11.6. The van der Waals surface area contributed by atoms with Crippen molar-refractivity contribution in [3.05, 3.63) is 23.4 Å². The normalized spacial score (nSPS) is 10.5. The van der Waals surface area contributed by atoms with Gasteiger partial charge in [-0.05, 0) is 26.8 Å². The van der Waals surface area contributed by atoms with Crippen molar-refractivity contribution in [1.29, 1.82) is 0 Å². The largest absolute Gasteiger partial charge is 0.462 e. The second kappa shape index (κ2) is 5.83. The minimum Gasteiger partial charge on any atom is -0.462 e. The van der Waals surface area contributed by atoms with Crippen LogP contribution in [0.5, 0.6) is 0 Å². The van der Waals surface area contributed by atoms with Gasteiger partial charge < -0.3 is 10.1 Å². The molecule has 0 atom stereocenters. The second-order valence-corrected chi connectivity index (χ2v) is 3.28. The number of carbonyl (C=O) groups excluding carboxylic acids is 2. The zero-order valence-corrected chi connectivity index (χ0v) is 10.0. The standard InChI is InChI=1S/C11H15N3O3/c1-4-6-8(15)12-10-9(7(3)13-14-10)11(16)17-5-2/h4,6H,5H2,1-3H3,(H2,12,13,14,15)/b6-4+. The van der Waals surface area contributed by atoms with Crippen molar-refractivity contribution in [2.75, 3.05) is 11.9 Å². The van der Waals surface area contributed by atoms with E-state index < -0.39 is 5.97 Å². The molecule has 0 bridgehead atoms. The molecule has 1 heterocycles. The number of hydrogen-bond acceptors (Lipinski definition) is 4. The van der Waals surface area contributed by atoms with Gasteiger partial charge in [-0.1, -0.05) is 6.08 Å². The predicted molar refractivity (Wildman–Crippen MR) is 62.7 cm³/mol. The van der Waals surface area contributed by atoms with Crippen molar-refractivity contribution in [2.45, 2.75) is 20.8 Å². The van der Waals surface area contributed by atoms with Crippen LogP contribution in [0.25, 0.3) is 0 Å². The summed E-state index contributed by atoms with van der Waals surface area (Å²) in [5.74, 6) is -0.664. The number of ether oxygens (including phenoxy) is 1. The number of nitrogens with one attached hydrogen (secondary N) is 2. The molecule has 0 saturated carbocycles. The van der Waals surface area contributed by atoms with Crippen LogP contribution in [-0.4, -0.2) is 28.7 Å². The fourth-order valence-corrected chi connectivity index (χ4v) is 1.28. The molecule has 1 aromatic rings. The zero-order valence-electron chi connectivity index (χ0n) is 10.0. The lowest BCUT2D eigenvalue weighted by Gasteiger charge is -2.03. The SMILES string of the molecule is C/C=C/C(=O)Nc1n[nH]c(C)c1C(=O)OCC. The van der Waals surface area contributed by atoms with Gasteiger partial charge in [0.15, 0.2) is 5.82 Å². The van der Waals surface area contributed by atoms with E-state index >= 15 is 0 Å². The number of hydrogen-bond donors (Lipinski definition) is 2. The third kappa shape index (κ3) is 3.17. The van der Waals surface area contributed by atoms with E-state index in [1.807, 2.05) is 0 Å². The maximum atomic E-state index is 11.6. The van der Waals surface area contributed by atoms with Crippen molar-refractivity contribution in [3.63, 3.8) is 0 Å². The van der Waals surface area contributed by atoms with Gasteiger partial charge >= 0.3 is 5.97 Å². The average Bonchev–Trinajstić information content (AvgIpc) is 2.60. The molecule has 6 heteroatoms. The Balaban J connectivity index is 2.93. The minimum atomic E-state index is -0.505. The number of esters is 1. The van der Waals surface area contributed by atoms with E-state index in [1.54, 1.807) is 26.8 Å². The lowest BCUT2D eigenvalue weighted by atomic mass is 10.2. The van der Waals surface area contributed by atoms with E-state index in [-0.39, 0.29) is 23.9 Å². The molecule has 0 aliphatic heterocycles. The topological polar surface area (TPSA) is 84.1 Å². The molecular formula is C11H15N3O3. The number of amides is 1. The first-order chi connectivity index (χ1) is 8.10. The summed E-state index contributed by atoms with van der Waals surface area (Å²) in [6.45, 7) is 5.39. The molecule has 2 N–H and O–H groups in total. The predicted octanol–water partition coefficient (Wildman–Crippen LogP) is 1.41. The van der Waals surface area contributed by atoms with Crippen LogP contribution < -0.4 is 5.32 Å². The number of H-pyrrole nitrogens is 1. The number of carbonyl (C=O) groups is 2. The van der Waals surface area contributed by atoms with Gasteiger partial charge in [-0.15, -0.1) is 0 Å². The minimum absolute atomic E-state index is 0.184. The highest BCUT2D eigenvalue weighted by atomic mass is 16.5. The van der Waals surface area contributed by atoms with Crippen LogP contribution in [-0.2, 0) is 9.53 Å². The Morgan fingerprint density at radius 3 is 2.82 bits per heavy atom. The first-order valence-electron chi connectivity index (χ1n) is 5.25. The number of aryl methyl sites for hydroxylation is 1. The van der Waals surface area contributed by atoms with Crippen LogP contribution in [0.3, 0.4) is 0 Å². The molecule has 92 valence electrons. The van der Waals surface area contributed by atoms with Crippen LogP contribution in [0.15, 0.2) is 12.2 Å². The third-order valence-corrected chi connectivity index (χ3v) is 1.99. The van der Waals surface area contributed by atoms with Crippen LogP contribution in [0.2, 0.25) is 0 Å². The number of aromatic amines is 1. The maximum Gasteiger partial charge on any atom is 0.343 e. The van der Waals surface area contributed by atoms with Crippen molar-refractivity contribution in [3.8, 4) is 0 Å². The third-order valence-electron chi connectivity index (χ3n) is 1.99. The fourth-order valence-electron chi connectivity index (χ4n) is 1.28. The Bertz CT molecular complexity index is 449. The number of anilines is 1. The monoisotopic (exact) mass is 237 g/mol. The van der Waals surface area contributed by atoms with Gasteiger partial charge in [-0.2, -0.15) is 5.10 Å². The van der Waals surface area contributed by atoms with E-state index in [0.29, 0.717) is 5.69 Å². The van der Waals surface area contributed by atoms with Crippen molar-refractivity contribution in [2.24, 2.45) is 0 Å². The van der Waals surface area contributed by atoms with Crippen LogP contribution >= 0.6 is 0 Å². The fraction of sp³-hybridized carbons (Fsp3) is 0.364. The van der Waals surface area contributed by atoms with E-state index in [0.717, 1.165) is 0 Å². The summed E-state index contributed by atoms with van der Waals surface area (Å²) in [6, 6.07) is 0. The van der Waals surface area contributed by atoms with Crippen LogP contribution in [0, 0.1) is 6.92 Å². The van der Waals surface area contributed by atoms with E-state index in [1.165, 1.54) is 6.08 Å². The summed E-state index contributed by atoms with van der Waals surface area (Å²) < 4.78 is 4.88. The first kappa shape index (κ1) is 13.0. The summed E-state index contributed by atoms with van der Waals surface area (Å²) in [7, 11) is 0. The highest BCUT2D eigenvalue weighted by molar-refractivity contribution is 6.04. The highest BCUT2D eigenvalue weighted by Gasteiger charge is 2.20. The average molecular weight is 237 g/mol. The van der Waals surface area contributed by atoms with Crippen molar-refractivity contribution in [1.82, 2.24) is 10.2 Å². The Morgan fingerprint density at radius 2 is 2.24 bits per heavy atom. The number of rotatable bonds is 4. The van der Waals surface area contributed by atoms with Gasteiger partial charge in [-0.3, -0.25) is 9.89 Å². The van der Waals surface area contributed by atoms with Crippen LogP contribution in [0.4, 0.5) is 5.82 Å². The van der Waals surface area contributed by atoms with Crippen molar-refractivity contribution >= 4 is 17.7 Å². The Labute approximate surface area is 99.0 Å². The van der Waals surface area contributed by atoms with Gasteiger partial charge in [0, 0.05) is 5.69 Å². The zero-order chi connectivity index (χ0) is 12.8. The summed E-state index contributed by atoms with van der Waals surface area (Å²) in [4.78, 5) is 23.0. The molecule has 0 aromatic carbocycles. The summed E-state index contributed by atoms with van der Waals surface area (Å²) in [6.07, 6.45) is 2.94. The van der Waals surface area contributed by atoms with E-state index in [9.17, 15) is 9.59 Å². The molecule has 0 radical (unpaired) electrons. The van der Waals surface area contributed by atoms with Gasteiger partial charge in [0.1, 0.15) is 5.56 Å². The molecule has 1 aromatic heterocycles. The number of nitrogens with zero attached hydrogens (tertiary/aromatic N) is 1. The molecule has 6 nitrogen and oxygen atoms in total. The molecule has 0 saturated heterocycles. The molecule has 0 unspecified atom stereocenters. The molecule has 0 fully saturated rings. The van der Waals surface area contributed by atoms with Gasteiger partial charge in [0.05, 0.1) is 6.61 Å². The molecular weight excluding hydrogens is 222 g/mol. The molecule has 1 amide bonds. The molecule has 0 spiro atoms. The Kier molecular flexibility index (Phi) is 4.45. The lowest BCUT2D eigenvalue weighted by molar-refractivity contribution is -0.111.